The summed E-state index contributed by atoms with van der Waals surface area (Å²) in [6, 6.07) is 2.82. The number of nitrogens with zero attached hydrogens (tertiary/aromatic N) is 2. The lowest BCUT2D eigenvalue weighted by Gasteiger charge is -2.40. The first-order chi connectivity index (χ1) is 12.8. The fourth-order valence-corrected chi connectivity index (χ4v) is 4.02. The number of rotatable bonds is 6. The van der Waals surface area contributed by atoms with Gasteiger partial charge < -0.3 is 9.26 Å². The summed E-state index contributed by atoms with van der Waals surface area (Å²) in [5.41, 5.74) is 3.87. The monoisotopic (exact) mass is 354 g/mol. The molecule has 0 amide bonds. The molecule has 1 aliphatic heterocycles. The second-order valence-electron chi connectivity index (χ2n) is 7.93. The Morgan fingerprint density at radius 2 is 2.15 bits per heavy atom. The lowest BCUT2D eigenvalue weighted by molar-refractivity contribution is 0.0954. The van der Waals surface area contributed by atoms with Crippen molar-refractivity contribution in [3.8, 4) is 0 Å². The number of aromatic nitrogens is 1. The van der Waals surface area contributed by atoms with Gasteiger partial charge in [-0.05, 0) is 44.6 Å². The minimum atomic E-state index is 0.464. The molecule has 140 valence electrons. The fourth-order valence-electron chi connectivity index (χ4n) is 4.02. The molecule has 0 spiro atoms. The molecule has 0 bridgehead atoms. The van der Waals surface area contributed by atoms with Gasteiger partial charge >= 0.3 is 0 Å². The Bertz CT molecular complexity index is 687. The van der Waals surface area contributed by atoms with Crippen LogP contribution in [-0.2, 0) is 11.3 Å². The first-order valence-electron chi connectivity index (χ1n) is 10.1. The molecule has 1 saturated heterocycles. The first-order valence-corrected chi connectivity index (χ1v) is 10.1. The molecular formula is C22H30N2O2. The first kappa shape index (κ1) is 17.7. The summed E-state index contributed by atoms with van der Waals surface area (Å²) in [6.07, 6.45) is 17.2. The molecule has 4 nitrogen and oxygen atoms in total. The van der Waals surface area contributed by atoms with E-state index in [9.17, 15) is 0 Å². The van der Waals surface area contributed by atoms with E-state index in [0.717, 1.165) is 30.5 Å². The van der Waals surface area contributed by atoms with E-state index in [-0.39, 0.29) is 0 Å². The van der Waals surface area contributed by atoms with Crippen molar-refractivity contribution >= 4 is 0 Å². The molecule has 2 heterocycles. The molecule has 0 aromatic carbocycles. The quantitative estimate of drug-likeness (QED) is 0.750. The standard InChI is InChI=1S/C22H30N2O2/c1-17-13-21(23-26-17)16-25-15-20-7-5-18(6-8-20)14-19-9-11-24(12-10-19)22-3-2-4-22/h5-7,13-14,20,22H,2-4,8-12,15-16H2,1H3. The minimum absolute atomic E-state index is 0.464. The van der Waals surface area contributed by atoms with Crippen LogP contribution in [0.25, 0.3) is 0 Å². The molecule has 0 N–H and O–H groups in total. The van der Waals surface area contributed by atoms with E-state index in [0.29, 0.717) is 12.5 Å². The van der Waals surface area contributed by atoms with Crippen LogP contribution in [0, 0.1) is 12.8 Å². The molecule has 4 heteroatoms. The van der Waals surface area contributed by atoms with Gasteiger partial charge in [-0.1, -0.05) is 41.5 Å². The summed E-state index contributed by atoms with van der Waals surface area (Å²) in [5, 5.41) is 3.96. The second kappa shape index (κ2) is 8.36. The van der Waals surface area contributed by atoms with Crippen LogP contribution in [0.15, 0.2) is 46.0 Å². The topological polar surface area (TPSA) is 38.5 Å². The zero-order valence-corrected chi connectivity index (χ0v) is 15.8. The van der Waals surface area contributed by atoms with E-state index < -0.39 is 0 Å². The SMILES string of the molecule is Cc1cc(COCC2C=CC(C=C3CCN(C4CCC4)CC3)=CC2)no1. The van der Waals surface area contributed by atoms with Gasteiger partial charge in [0.05, 0.1) is 13.2 Å². The average Bonchev–Trinajstić information content (AvgIpc) is 3.02. The number of likely N-dealkylation sites (tertiary alicyclic amines) is 1. The molecule has 1 aromatic rings. The number of allylic oxidation sites excluding steroid dienone is 4. The lowest BCUT2D eigenvalue weighted by Crippen LogP contribution is -2.43. The number of ether oxygens (including phenoxy) is 1. The molecule has 1 saturated carbocycles. The molecule has 1 aromatic heterocycles. The Kier molecular flexibility index (Phi) is 5.71. The van der Waals surface area contributed by atoms with Gasteiger partial charge in [-0.3, -0.25) is 4.90 Å². The Balaban J connectivity index is 1.19. The van der Waals surface area contributed by atoms with Gasteiger partial charge in [-0.25, -0.2) is 0 Å². The number of hydrogen-bond donors (Lipinski definition) is 0. The normalized spacial score (nSPS) is 24.4. The van der Waals surface area contributed by atoms with Gasteiger partial charge in [-0.15, -0.1) is 0 Å². The van der Waals surface area contributed by atoms with E-state index in [2.05, 4.69) is 34.4 Å². The predicted molar refractivity (Wildman–Crippen MR) is 103 cm³/mol. The summed E-state index contributed by atoms with van der Waals surface area (Å²) in [5.74, 6) is 1.30. The predicted octanol–water partition coefficient (Wildman–Crippen LogP) is 4.58. The zero-order chi connectivity index (χ0) is 17.8. The third-order valence-corrected chi connectivity index (χ3v) is 5.88. The maximum Gasteiger partial charge on any atom is 0.134 e. The van der Waals surface area contributed by atoms with Crippen LogP contribution in [0.1, 0.15) is 50.0 Å². The Morgan fingerprint density at radius 3 is 2.77 bits per heavy atom. The van der Waals surface area contributed by atoms with Crippen molar-refractivity contribution in [2.45, 2.75) is 58.1 Å². The summed E-state index contributed by atoms with van der Waals surface area (Å²) in [4.78, 5) is 2.70. The van der Waals surface area contributed by atoms with Crippen LogP contribution < -0.4 is 0 Å². The molecule has 1 unspecified atom stereocenters. The van der Waals surface area contributed by atoms with E-state index >= 15 is 0 Å². The van der Waals surface area contributed by atoms with Crippen molar-refractivity contribution in [1.29, 1.82) is 0 Å². The zero-order valence-electron chi connectivity index (χ0n) is 15.8. The Hall–Kier alpha value is -1.65. The van der Waals surface area contributed by atoms with Gasteiger partial charge in [0.15, 0.2) is 0 Å². The lowest BCUT2D eigenvalue weighted by atomic mass is 9.88. The van der Waals surface area contributed by atoms with Crippen LogP contribution in [0.4, 0.5) is 0 Å². The summed E-state index contributed by atoms with van der Waals surface area (Å²) in [7, 11) is 0. The molecule has 0 radical (unpaired) electrons. The van der Waals surface area contributed by atoms with Gasteiger partial charge in [0.25, 0.3) is 0 Å². The van der Waals surface area contributed by atoms with Crippen molar-refractivity contribution in [3.05, 3.63) is 53.0 Å². The maximum absolute atomic E-state index is 5.78. The summed E-state index contributed by atoms with van der Waals surface area (Å²) in [6.45, 7) is 5.67. The number of piperidine rings is 1. The van der Waals surface area contributed by atoms with Gasteiger partial charge in [-0.2, -0.15) is 0 Å². The molecule has 1 atom stereocenters. The van der Waals surface area contributed by atoms with Crippen molar-refractivity contribution < 1.29 is 9.26 Å². The molecule has 26 heavy (non-hydrogen) atoms. The molecule has 3 aliphatic rings. The minimum Gasteiger partial charge on any atom is -0.374 e. The maximum atomic E-state index is 5.78. The Morgan fingerprint density at radius 1 is 1.31 bits per heavy atom. The van der Waals surface area contributed by atoms with Gasteiger partial charge in [0.1, 0.15) is 11.5 Å². The van der Waals surface area contributed by atoms with E-state index in [1.807, 2.05) is 13.0 Å². The number of aryl methyl sites for hydroxylation is 1. The fraction of sp³-hybridized carbons (Fsp3) is 0.591. The largest absolute Gasteiger partial charge is 0.374 e. The third-order valence-electron chi connectivity index (χ3n) is 5.88. The van der Waals surface area contributed by atoms with Crippen LogP contribution in [-0.4, -0.2) is 35.8 Å². The van der Waals surface area contributed by atoms with E-state index in [1.165, 1.54) is 50.8 Å². The third kappa shape index (κ3) is 4.54. The molecule has 2 fully saturated rings. The van der Waals surface area contributed by atoms with Gasteiger partial charge in [0.2, 0.25) is 0 Å². The van der Waals surface area contributed by atoms with Crippen LogP contribution in [0.2, 0.25) is 0 Å². The molecule has 4 rings (SSSR count). The second-order valence-corrected chi connectivity index (χ2v) is 7.93. The van der Waals surface area contributed by atoms with E-state index in [4.69, 9.17) is 9.26 Å². The van der Waals surface area contributed by atoms with Crippen molar-refractivity contribution in [2.75, 3.05) is 19.7 Å². The van der Waals surface area contributed by atoms with Crippen LogP contribution >= 0.6 is 0 Å². The smallest absolute Gasteiger partial charge is 0.134 e. The summed E-state index contributed by atoms with van der Waals surface area (Å²) >= 11 is 0. The highest BCUT2D eigenvalue weighted by atomic mass is 16.5. The van der Waals surface area contributed by atoms with Crippen molar-refractivity contribution in [2.24, 2.45) is 5.92 Å². The average molecular weight is 354 g/mol. The van der Waals surface area contributed by atoms with Gasteiger partial charge in [0, 0.05) is 31.1 Å². The van der Waals surface area contributed by atoms with E-state index in [1.54, 1.807) is 5.57 Å². The molecule has 2 aliphatic carbocycles. The highest BCUT2D eigenvalue weighted by molar-refractivity contribution is 5.36. The highest BCUT2D eigenvalue weighted by Gasteiger charge is 2.26. The molecular weight excluding hydrogens is 324 g/mol. The highest BCUT2D eigenvalue weighted by Crippen LogP contribution is 2.29. The van der Waals surface area contributed by atoms with Crippen LogP contribution in [0.5, 0.6) is 0 Å². The number of hydrogen-bond acceptors (Lipinski definition) is 4. The van der Waals surface area contributed by atoms with Crippen LogP contribution in [0.3, 0.4) is 0 Å². The van der Waals surface area contributed by atoms with Crippen molar-refractivity contribution in [3.63, 3.8) is 0 Å². The summed E-state index contributed by atoms with van der Waals surface area (Å²) < 4.78 is 10.8. The Labute approximate surface area is 156 Å². The van der Waals surface area contributed by atoms with Crippen molar-refractivity contribution in [1.82, 2.24) is 10.1 Å².